The maximum absolute atomic E-state index is 13.4. The molecule has 2 aromatic rings. The summed E-state index contributed by atoms with van der Waals surface area (Å²) in [5.74, 6) is -1.82. The van der Waals surface area contributed by atoms with Gasteiger partial charge in [-0.15, -0.1) is 11.3 Å². The van der Waals surface area contributed by atoms with E-state index in [4.69, 9.17) is 5.26 Å². The third-order valence-corrected chi connectivity index (χ3v) is 3.49. The molecule has 1 aromatic heterocycles. The van der Waals surface area contributed by atoms with E-state index in [0.717, 1.165) is 4.88 Å². The Bertz CT molecular complexity index is 604. The fourth-order valence-corrected chi connectivity index (χ4v) is 2.36. The summed E-state index contributed by atoms with van der Waals surface area (Å²) in [5, 5.41) is 13.4. The maximum atomic E-state index is 13.4. The summed E-state index contributed by atoms with van der Waals surface area (Å²) in [6, 6.07) is 11.6. The highest BCUT2D eigenvalue weighted by Gasteiger charge is 2.19. The fourth-order valence-electron chi connectivity index (χ4n) is 1.61. The molecule has 19 heavy (non-hydrogen) atoms. The Morgan fingerprint density at radius 3 is 2.79 bits per heavy atom. The summed E-state index contributed by atoms with van der Waals surface area (Å²) in [6.07, 6.45) is 0.342. The van der Waals surface area contributed by atoms with Gasteiger partial charge in [-0.05, 0) is 23.6 Å². The van der Waals surface area contributed by atoms with Crippen molar-refractivity contribution in [1.82, 2.24) is 0 Å². The lowest BCUT2D eigenvalue weighted by Gasteiger charge is -2.09. The fraction of sp³-hybridized carbons (Fsp3) is 0.143. The summed E-state index contributed by atoms with van der Waals surface area (Å²) >= 11 is 1.49. The molecule has 0 aliphatic rings. The number of thiophene rings is 1. The van der Waals surface area contributed by atoms with Crippen LogP contribution in [0.2, 0.25) is 0 Å². The highest BCUT2D eigenvalue weighted by Crippen LogP contribution is 2.17. The van der Waals surface area contributed by atoms with Crippen molar-refractivity contribution in [3.05, 3.63) is 52.5 Å². The Morgan fingerprint density at radius 2 is 2.16 bits per heavy atom. The number of para-hydroxylation sites is 1. The van der Waals surface area contributed by atoms with Crippen LogP contribution in [0.3, 0.4) is 0 Å². The minimum atomic E-state index is -0.821. The second kappa shape index (κ2) is 6.12. The highest BCUT2D eigenvalue weighted by molar-refractivity contribution is 7.09. The van der Waals surface area contributed by atoms with Gasteiger partial charge in [0.1, 0.15) is 11.7 Å². The number of hydrogen-bond donors (Lipinski definition) is 1. The highest BCUT2D eigenvalue weighted by atomic mass is 32.1. The molecule has 0 unspecified atom stereocenters. The number of hydrogen-bond acceptors (Lipinski definition) is 3. The van der Waals surface area contributed by atoms with Gasteiger partial charge in [-0.1, -0.05) is 18.2 Å². The number of anilines is 1. The second-order valence-electron chi connectivity index (χ2n) is 3.93. The number of carbonyl (C=O) groups is 1. The largest absolute Gasteiger partial charge is 0.322 e. The van der Waals surface area contributed by atoms with Crippen LogP contribution < -0.4 is 5.32 Å². The minimum Gasteiger partial charge on any atom is -0.322 e. The molecule has 2 rings (SSSR count). The van der Waals surface area contributed by atoms with Crippen molar-refractivity contribution in [1.29, 1.82) is 5.26 Å². The number of nitriles is 1. The van der Waals surface area contributed by atoms with Crippen molar-refractivity contribution >= 4 is 22.9 Å². The molecule has 0 saturated heterocycles. The average Bonchev–Trinajstić information content (AvgIpc) is 2.91. The molecule has 0 radical (unpaired) electrons. The molecular formula is C14H11FN2OS. The molecule has 0 fully saturated rings. The Hall–Kier alpha value is -2.19. The van der Waals surface area contributed by atoms with E-state index in [1.807, 2.05) is 23.6 Å². The Kier molecular flexibility index (Phi) is 4.26. The first-order valence-electron chi connectivity index (χ1n) is 5.68. The Labute approximate surface area is 114 Å². The molecule has 0 spiro atoms. The van der Waals surface area contributed by atoms with Gasteiger partial charge in [-0.3, -0.25) is 4.79 Å². The number of carbonyl (C=O) groups excluding carboxylic acids is 1. The van der Waals surface area contributed by atoms with E-state index in [-0.39, 0.29) is 5.69 Å². The number of amides is 1. The lowest BCUT2D eigenvalue weighted by atomic mass is 10.1. The molecular weight excluding hydrogens is 263 g/mol. The van der Waals surface area contributed by atoms with E-state index in [1.165, 1.54) is 23.5 Å². The summed E-state index contributed by atoms with van der Waals surface area (Å²) in [6.45, 7) is 0. The van der Waals surface area contributed by atoms with Crippen LogP contribution in [0, 0.1) is 23.1 Å². The number of halogens is 1. The first kappa shape index (κ1) is 13.2. The number of rotatable bonds is 4. The molecule has 96 valence electrons. The second-order valence-corrected chi connectivity index (χ2v) is 4.97. The van der Waals surface area contributed by atoms with Gasteiger partial charge in [0.25, 0.3) is 0 Å². The molecule has 0 aliphatic heterocycles. The molecule has 5 heteroatoms. The van der Waals surface area contributed by atoms with Crippen LogP contribution in [0.15, 0.2) is 41.8 Å². The normalized spacial score (nSPS) is 11.6. The van der Waals surface area contributed by atoms with Crippen LogP contribution in [0.1, 0.15) is 4.88 Å². The minimum absolute atomic E-state index is 0.0962. The predicted octanol–water partition coefficient (Wildman–Crippen LogP) is 3.21. The quantitative estimate of drug-likeness (QED) is 0.930. The van der Waals surface area contributed by atoms with Gasteiger partial charge in [0.05, 0.1) is 11.8 Å². The summed E-state index contributed by atoms with van der Waals surface area (Å²) in [5.41, 5.74) is 0.0962. The van der Waals surface area contributed by atoms with Gasteiger partial charge >= 0.3 is 0 Å². The predicted molar refractivity (Wildman–Crippen MR) is 72.2 cm³/mol. The van der Waals surface area contributed by atoms with Crippen molar-refractivity contribution in [2.24, 2.45) is 5.92 Å². The van der Waals surface area contributed by atoms with E-state index in [9.17, 15) is 9.18 Å². The molecule has 1 atom stereocenters. The van der Waals surface area contributed by atoms with Crippen LogP contribution in [-0.4, -0.2) is 5.91 Å². The van der Waals surface area contributed by atoms with Gasteiger partial charge in [0, 0.05) is 11.3 Å². The van der Waals surface area contributed by atoms with Crippen LogP contribution in [0.5, 0.6) is 0 Å². The zero-order valence-electron chi connectivity index (χ0n) is 9.97. The third kappa shape index (κ3) is 3.39. The molecule has 3 nitrogen and oxygen atoms in total. The molecule has 0 bridgehead atoms. The van der Waals surface area contributed by atoms with Gasteiger partial charge in [0.2, 0.25) is 5.91 Å². The van der Waals surface area contributed by atoms with Gasteiger partial charge in [-0.25, -0.2) is 4.39 Å². The van der Waals surface area contributed by atoms with Gasteiger partial charge < -0.3 is 5.32 Å². The van der Waals surface area contributed by atoms with E-state index in [0.29, 0.717) is 6.42 Å². The summed E-state index contributed by atoms with van der Waals surface area (Å²) < 4.78 is 13.4. The molecule has 1 amide bonds. The molecule has 0 saturated carbocycles. The van der Waals surface area contributed by atoms with E-state index >= 15 is 0 Å². The molecule has 0 aliphatic carbocycles. The topological polar surface area (TPSA) is 52.9 Å². The molecule has 1 heterocycles. The van der Waals surface area contributed by atoms with Crippen molar-refractivity contribution in [2.45, 2.75) is 6.42 Å². The Balaban J connectivity index is 2.06. The zero-order valence-corrected chi connectivity index (χ0v) is 10.8. The maximum Gasteiger partial charge on any atom is 0.242 e. The van der Waals surface area contributed by atoms with Gasteiger partial charge in [-0.2, -0.15) is 5.26 Å². The van der Waals surface area contributed by atoms with Crippen molar-refractivity contribution in [3.8, 4) is 6.07 Å². The Morgan fingerprint density at radius 1 is 1.37 bits per heavy atom. The average molecular weight is 274 g/mol. The van der Waals surface area contributed by atoms with Crippen molar-refractivity contribution in [3.63, 3.8) is 0 Å². The van der Waals surface area contributed by atoms with Crippen LogP contribution in [-0.2, 0) is 11.2 Å². The summed E-state index contributed by atoms with van der Waals surface area (Å²) in [7, 11) is 0. The van der Waals surface area contributed by atoms with E-state index in [1.54, 1.807) is 12.1 Å². The lowest BCUT2D eigenvalue weighted by molar-refractivity contribution is -0.118. The zero-order chi connectivity index (χ0) is 13.7. The van der Waals surface area contributed by atoms with Gasteiger partial charge in [0.15, 0.2) is 0 Å². The molecule has 1 N–H and O–H groups in total. The van der Waals surface area contributed by atoms with Crippen LogP contribution in [0.25, 0.3) is 0 Å². The van der Waals surface area contributed by atoms with E-state index in [2.05, 4.69) is 5.32 Å². The van der Waals surface area contributed by atoms with E-state index < -0.39 is 17.6 Å². The number of nitrogens with one attached hydrogen (secondary N) is 1. The molecule has 1 aromatic carbocycles. The summed E-state index contributed by atoms with van der Waals surface area (Å²) in [4.78, 5) is 12.9. The lowest BCUT2D eigenvalue weighted by Crippen LogP contribution is -2.23. The SMILES string of the molecule is N#C[C@H](Cc1cccs1)C(=O)Nc1ccccc1F. The van der Waals surface area contributed by atoms with Crippen LogP contribution in [0.4, 0.5) is 10.1 Å². The first-order valence-corrected chi connectivity index (χ1v) is 6.56. The first-order chi connectivity index (χ1) is 9.20. The number of nitrogens with zero attached hydrogens (tertiary/aromatic N) is 1. The number of benzene rings is 1. The van der Waals surface area contributed by atoms with Crippen molar-refractivity contribution < 1.29 is 9.18 Å². The smallest absolute Gasteiger partial charge is 0.242 e. The van der Waals surface area contributed by atoms with Crippen LogP contribution >= 0.6 is 11.3 Å². The standard InChI is InChI=1S/C14H11FN2OS/c15-12-5-1-2-6-13(12)17-14(18)10(9-16)8-11-4-3-7-19-11/h1-7,10H,8H2,(H,17,18)/t10-/m0/s1. The monoisotopic (exact) mass is 274 g/mol. The van der Waals surface area contributed by atoms with Crippen molar-refractivity contribution in [2.75, 3.05) is 5.32 Å². The third-order valence-electron chi connectivity index (χ3n) is 2.59.